The lowest BCUT2D eigenvalue weighted by Crippen LogP contribution is -2.18. The van der Waals surface area contributed by atoms with Crippen LogP contribution in [-0.2, 0) is 4.79 Å². The fraction of sp³-hybridized carbons (Fsp3) is 0.611. The highest BCUT2D eigenvalue weighted by Gasteiger charge is 2.11. The predicted octanol–water partition coefficient (Wildman–Crippen LogP) is 3.53. The number of allylic oxidation sites excluding steroid dienone is 2. The highest BCUT2D eigenvalue weighted by Crippen LogP contribution is 2.07. The molecule has 0 bridgehead atoms. The van der Waals surface area contributed by atoms with E-state index in [1.54, 1.807) is 0 Å². The largest absolute Gasteiger partial charge is 0.479 e. The van der Waals surface area contributed by atoms with Gasteiger partial charge < -0.3 is 10.2 Å². The molecule has 2 N–H and O–H groups in total. The summed E-state index contributed by atoms with van der Waals surface area (Å²) in [5, 5.41) is 17.6. The third-order valence-corrected chi connectivity index (χ3v) is 2.96. The second-order valence-electron chi connectivity index (χ2n) is 4.92. The highest BCUT2D eigenvalue weighted by molar-refractivity contribution is 5.71. The molecule has 0 heterocycles. The number of unbranched alkanes of at least 4 members (excludes halogenated alkanes) is 6. The van der Waals surface area contributed by atoms with Crippen LogP contribution < -0.4 is 0 Å². The fourth-order valence-electron chi connectivity index (χ4n) is 1.67. The summed E-state index contributed by atoms with van der Waals surface area (Å²) in [6, 6.07) is 0. The highest BCUT2D eigenvalue weighted by atomic mass is 16.4. The lowest BCUT2D eigenvalue weighted by Gasteiger charge is -2.04. The van der Waals surface area contributed by atoms with E-state index in [9.17, 15) is 4.79 Å². The molecular weight excluding hydrogens is 264 g/mol. The minimum atomic E-state index is -1.21. The Morgan fingerprint density at radius 1 is 1.14 bits per heavy atom. The van der Waals surface area contributed by atoms with Crippen molar-refractivity contribution in [1.29, 1.82) is 0 Å². The Labute approximate surface area is 128 Å². The summed E-state index contributed by atoms with van der Waals surface area (Å²) in [4.78, 5) is 10.4. The average molecular weight is 290 g/mol. The first-order chi connectivity index (χ1) is 10.2. The van der Waals surface area contributed by atoms with Gasteiger partial charge in [-0.05, 0) is 43.6 Å². The van der Waals surface area contributed by atoms with Crippen LogP contribution in [0.5, 0.6) is 0 Å². The van der Waals surface area contributed by atoms with E-state index in [4.69, 9.17) is 10.2 Å². The van der Waals surface area contributed by atoms with Crippen molar-refractivity contribution in [2.75, 3.05) is 0 Å². The molecular formula is C18H26O3. The molecule has 1 atom stereocenters. The molecule has 0 aromatic rings. The van der Waals surface area contributed by atoms with E-state index in [2.05, 4.69) is 30.6 Å². The van der Waals surface area contributed by atoms with Gasteiger partial charge in [0.25, 0.3) is 0 Å². The van der Waals surface area contributed by atoms with Crippen molar-refractivity contribution in [1.82, 2.24) is 0 Å². The molecule has 0 fully saturated rings. The number of carbonyl (C=O) groups is 1. The number of hydrogen-bond acceptors (Lipinski definition) is 2. The summed E-state index contributed by atoms with van der Waals surface area (Å²) in [5.74, 6) is 10.4. The first-order valence-corrected chi connectivity index (χ1v) is 7.72. The lowest BCUT2D eigenvalue weighted by atomic mass is 10.1. The minimum absolute atomic E-state index is 0.341. The van der Waals surface area contributed by atoms with Crippen LogP contribution in [0.25, 0.3) is 0 Å². The molecule has 0 aliphatic carbocycles. The molecule has 116 valence electrons. The van der Waals surface area contributed by atoms with Crippen LogP contribution >= 0.6 is 0 Å². The van der Waals surface area contributed by atoms with Gasteiger partial charge in [-0.15, -0.1) is 0 Å². The number of carboxylic acid groups (broad SMARTS) is 1. The van der Waals surface area contributed by atoms with E-state index in [1.807, 2.05) is 12.2 Å². The zero-order chi connectivity index (χ0) is 15.8. The number of carboxylic acids is 1. The molecule has 21 heavy (non-hydrogen) atoms. The summed E-state index contributed by atoms with van der Waals surface area (Å²) in [7, 11) is 0. The second kappa shape index (κ2) is 14.7. The Morgan fingerprint density at radius 2 is 1.90 bits per heavy atom. The number of aliphatic carboxylic acids is 1. The smallest absolute Gasteiger partial charge is 0.332 e. The van der Waals surface area contributed by atoms with Crippen molar-refractivity contribution in [3.8, 4) is 23.7 Å². The molecule has 3 nitrogen and oxygen atoms in total. The Morgan fingerprint density at radius 3 is 2.62 bits per heavy atom. The number of hydrogen-bond donors (Lipinski definition) is 2. The molecule has 3 heteroatoms. The third-order valence-electron chi connectivity index (χ3n) is 2.96. The summed E-state index contributed by atoms with van der Waals surface area (Å²) in [6.07, 6.45) is 11.0. The number of rotatable bonds is 10. The molecule has 0 spiro atoms. The van der Waals surface area contributed by atoms with Gasteiger partial charge in [0.15, 0.2) is 6.10 Å². The van der Waals surface area contributed by atoms with Gasteiger partial charge in [-0.1, -0.05) is 50.5 Å². The van der Waals surface area contributed by atoms with Crippen LogP contribution in [-0.4, -0.2) is 22.3 Å². The maximum Gasteiger partial charge on any atom is 0.332 e. The van der Waals surface area contributed by atoms with Crippen LogP contribution in [0.3, 0.4) is 0 Å². The van der Waals surface area contributed by atoms with Crippen LogP contribution in [0.2, 0.25) is 0 Å². The maximum atomic E-state index is 10.4. The SMILES string of the molecule is CCCCC#CC#CC=CCCCCCCC(O)C(=O)O. The van der Waals surface area contributed by atoms with Gasteiger partial charge in [-0.25, -0.2) is 4.79 Å². The molecule has 0 aromatic carbocycles. The van der Waals surface area contributed by atoms with Crippen molar-refractivity contribution in [3.05, 3.63) is 12.2 Å². The van der Waals surface area contributed by atoms with Crippen LogP contribution in [0.1, 0.15) is 64.7 Å². The summed E-state index contributed by atoms with van der Waals surface area (Å²) < 4.78 is 0. The normalized spacial score (nSPS) is 11.3. The lowest BCUT2D eigenvalue weighted by molar-refractivity contribution is -0.146. The first-order valence-electron chi connectivity index (χ1n) is 7.72. The third kappa shape index (κ3) is 14.5. The minimum Gasteiger partial charge on any atom is -0.479 e. The van der Waals surface area contributed by atoms with Crippen molar-refractivity contribution in [2.24, 2.45) is 0 Å². The van der Waals surface area contributed by atoms with Gasteiger partial charge in [-0.3, -0.25) is 0 Å². The standard InChI is InChI=1S/C18H26O3/c1-2-3-4-5-6-7-8-9-10-11-12-13-14-15-16-17(19)18(20)21/h9-10,17,19H,2-4,11-16H2,1H3,(H,20,21). The van der Waals surface area contributed by atoms with Gasteiger partial charge >= 0.3 is 5.97 Å². The summed E-state index contributed by atoms with van der Waals surface area (Å²) >= 11 is 0. The molecule has 0 saturated carbocycles. The van der Waals surface area contributed by atoms with E-state index in [0.717, 1.165) is 51.4 Å². The van der Waals surface area contributed by atoms with Crippen LogP contribution in [0.4, 0.5) is 0 Å². The van der Waals surface area contributed by atoms with E-state index < -0.39 is 12.1 Å². The predicted molar refractivity (Wildman–Crippen MR) is 85.6 cm³/mol. The Kier molecular flexibility index (Phi) is 13.5. The zero-order valence-electron chi connectivity index (χ0n) is 12.9. The molecule has 1 unspecified atom stereocenters. The molecule has 0 aliphatic heterocycles. The summed E-state index contributed by atoms with van der Waals surface area (Å²) in [6.45, 7) is 2.14. The number of aliphatic hydroxyl groups excluding tert-OH is 1. The number of aliphatic hydroxyl groups is 1. The quantitative estimate of drug-likeness (QED) is 0.478. The molecule has 0 amide bonds. The molecule has 0 rings (SSSR count). The van der Waals surface area contributed by atoms with Crippen molar-refractivity contribution in [2.45, 2.75) is 70.8 Å². The van der Waals surface area contributed by atoms with Crippen molar-refractivity contribution >= 4 is 5.97 Å². The van der Waals surface area contributed by atoms with Gasteiger partial charge in [-0.2, -0.15) is 0 Å². The van der Waals surface area contributed by atoms with Crippen molar-refractivity contribution < 1.29 is 15.0 Å². The van der Waals surface area contributed by atoms with E-state index in [1.165, 1.54) is 0 Å². The maximum absolute atomic E-state index is 10.4. The van der Waals surface area contributed by atoms with Gasteiger partial charge in [0.2, 0.25) is 0 Å². The Bertz CT molecular complexity index is 415. The zero-order valence-corrected chi connectivity index (χ0v) is 12.9. The Hall–Kier alpha value is -1.71. The van der Waals surface area contributed by atoms with Gasteiger partial charge in [0, 0.05) is 6.42 Å². The van der Waals surface area contributed by atoms with E-state index >= 15 is 0 Å². The van der Waals surface area contributed by atoms with Gasteiger partial charge in [0.05, 0.1) is 0 Å². The molecule has 0 aromatic heterocycles. The monoisotopic (exact) mass is 290 g/mol. The van der Waals surface area contributed by atoms with Gasteiger partial charge in [0.1, 0.15) is 0 Å². The topological polar surface area (TPSA) is 57.5 Å². The summed E-state index contributed by atoms with van der Waals surface area (Å²) in [5.41, 5.74) is 0. The molecule has 0 aliphatic rings. The first kappa shape index (κ1) is 19.3. The second-order valence-corrected chi connectivity index (χ2v) is 4.92. The Balaban J connectivity index is 3.46. The van der Waals surface area contributed by atoms with Crippen LogP contribution in [0.15, 0.2) is 12.2 Å². The van der Waals surface area contributed by atoms with Crippen molar-refractivity contribution in [3.63, 3.8) is 0 Å². The average Bonchev–Trinajstić information content (AvgIpc) is 2.47. The molecule has 0 radical (unpaired) electrons. The fourth-order valence-corrected chi connectivity index (χ4v) is 1.67. The van der Waals surface area contributed by atoms with E-state index in [0.29, 0.717) is 6.42 Å². The molecule has 0 saturated heterocycles. The van der Waals surface area contributed by atoms with Crippen LogP contribution in [0, 0.1) is 23.7 Å². The van der Waals surface area contributed by atoms with E-state index in [-0.39, 0.29) is 0 Å².